The molecule has 1 heterocycles. The maximum Gasteiger partial charge on any atom is 0.257 e. The Kier molecular flexibility index (Phi) is 3.66. The zero-order valence-corrected chi connectivity index (χ0v) is 11.7. The smallest absolute Gasteiger partial charge is 0.257 e. The van der Waals surface area contributed by atoms with E-state index in [9.17, 15) is 4.79 Å². The van der Waals surface area contributed by atoms with Crippen LogP contribution in [0.3, 0.4) is 0 Å². The second-order valence-electron chi connectivity index (χ2n) is 4.35. The molecule has 104 valence electrons. The molecule has 6 heteroatoms. The van der Waals surface area contributed by atoms with Crippen molar-refractivity contribution in [2.24, 2.45) is 0 Å². The van der Waals surface area contributed by atoms with E-state index in [0.717, 1.165) is 5.69 Å². The Hall–Kier alpha value is -2.66. The van der Waals surface area contributed by atoms with Gasteiger partial charge in [-0.1, -0.05) is 29.8 Å². The first-order valence-electron chi connectivity index (χ1n) is 6.25. The van der Waals surface area contributed by atoms with Crippen LogP contribution < -0.4 is 5.32 Å². The molecule has 1 aromatic heterocycles. The minimum Gasteiger partial charge on any atom is -0.322 e. The monoisotopic (exact) mass is 298 g/mol. The first-order chi connectivity index (χ1) is 10.2. The zero-order valence-electron chi connectivity index (χ0n) is 10.9. The lowest BCUT2D eigenvalue weighted by Gasteiger charge is -2.08. The molecule has 1 N–H and O–H groups in total. The fraction of sp³-hybridized carbons (Fsp3) is 0. The predicted octanol–water partition coefficient (Wildman–Crippen LogP) is 3.17. The lowest BCUT2D eigenvalue weighted by Crippen LogP contribution is -2.12. The maximum absolute atomic E-state index is 12.2. The summed E-state index contributed by atoms with van der Waals surface area (Å²) in [6.07, 6.45) is 3.18. The summed E-state index contributed by atoms with van der Waals surface area (Å²) >= 11 is 6.02. The standard InChI is InChI=1S/C15H11ClN4O/c16-14-7-2-1-6-13(14)15(21)19-11-4-3-5-12(8-11)20-9-17-18-10-20/h1-10H,(H,19,21). The van der Waals surface area contributed by atoms with E-state index >= 15 is 0 Å². The van der Waals surface area contributed by atoms with Gasteiger partial charge in [-0.2, -0.15) is 0 Å². The summed E-state index contributed by atoms with van der Waals surface area (Å²) in [6, 6.07) is 14.3. The molecule has 0 fully saturated rings. The van der Waals surface area contributed by atoms with Crippen LogP contribution in [0.1, 0.15) is 10.4 Å². The van der Waals surface area contributed by atoms with Crippen molar-refractivity contribution in [3.63, 3.8) is 0 Å². The van der Waals surface area contributed by atoms with Gasteiger partial charge in [-0.3, -0.25) is 9.36 Å². The number of rotatable bonds is 3. The summed E-state index contributed by atoms with van der Waals surface area (Å²) in [7, 11) is 0. The second-order valence-corrected chi connectivity index (χ2v) is 4.76. The molecule has 0 saturated heterocycles. The minimum atomic E-state index is -0.249. The number of carbonyl (C=O) groups is 1. The molecule has 5 nitrogen and oxygen atoms in total. The highest BCUT2D eigenvalue weighted by Crippen LogP contribution is 2.18. The highest BCUT2D eigenvalue weighted by molar-refractivity contribution is 6.34. The molecule has 0 aliphatic heterocycles. The van der Waals surface area contributed by atoms with Crippen LogP contribution in [0.2, 0.25) is 5.02 Å². The molecule has 0 aliphatic rings. The highest BCUT2D eigenvalue weighted by atomic mass is 35.5. The van der Waals surface area contributed by atoms with Crippen LogP contribution in [-0.4, -0.2) is 20.7 Å². The van der Waals surface area contributed by atoms with E-state index in [0.29, 0.717) is 16.3 Å². The number of aromatic nitrogens is 3. The van der Waals surface area contributed by atoms with Gasteiger partial charge in [0.15, 0.2) is 0 Å². The van der Waals surface area contributed by atoms with Gasteiger partial charge in [0.05, 0.1) is 16.3 Å². The van der Waals surface area contributed by atoms with Crippen molar-refractivity contribution in [1.82, 2.24) is 14.8 Å². The molecule has 0 atom stereocenters. The number of anilines is 1. The first-order valence-corrected chi connectivity index (χ1v) is 6.63. The average molecular weight is 299 g/mol. The van der Waals surface area contributed by atoms with Crippen molar-refractivity contribution in [1.29, 1.82) is 0 Å². The van der Waals surface area contributed by atoms with Crippen molar-refractivity contribution >= 4 is 23.2 Å². The Morgan fingerprint density at radius 3 is 2.57 bits per heavy atom. The van der Waals surface area contributed by atoms with Crippen LogP contribution in [0.4, 0.5) is 5.69 Å². The lowest BCUT2D eigenvalue weighted by atomic mass is 10.2. The number of amides is 1. The number of hydrogen-bond acceptors (Lipinski definition) is 3. The van der Waals surface area contributed by atoms with Gasteiger partial charge in [0.1, 0.15) is 12.7 Å². The normalized spacial score (nSPS) is 10.3. The molecule has 0 spiro atoms. The van der Waals surface area contributed by atoms with Crippen LogP contribution in [0, 0.1) is 0 Å². The van der Waals surface area contributed by atoms with Gasteiger partial charge < -0.3 is 5.32 Å². The molecule has 2 aromatic carbocycles. The van der Waals surface area contributed by atoms with Crippen molar-refractivity contribution in [3.05, 3.63) is 71.8 Å². The largest absolute Gasteiger partial charge is 0.322 e. The Balaban J connectivity index is 1.84. The molecular formula is C15H11ClN4O. The first kappa shape index (κ1) is 13.3. The second kappa shape index (κ2) is 5.76. The fourth-order valence-electron chi connectivity index (χ4n) is 1.92. The number of carbonyl (C=O) groups excluding carboxylic acids is 1. The number of benzene rings is 2. The van der Waals surface area contributed by atoms with Gasteiger partial charge in [-0.25, -0.2) is 0 Å². The van der Waals surface area contributed by atoms with Gasteiger partial charge in [0, 0.05) is 5.69 Å². The van der Waals surface area contributed by atoms with Crippen LogP contribution in [0.15, 0.2) is 61.2 Å². The third kappa shape index (κ3) is 2.93. The molecule has 0 saturated carbocycles. The lowest BCUT2D eigenvalue weighted by molar-refractivity contribution is 0.102. The summed E-state index contributed by atoms with van der Waals surface area (Å²) in [5.74, 6) is -0.249. The van der Waals surface area contributed by atoms with E-state index in [1.807, 2.05) is 24.3 Å². The molecule has 21 heavy (non-hydrogen) atoms. The average Bonchev–Trinajstić information content (AvgIpc) is 3.02. The summed E-state index contributed by atoms with van der Waals surface area (Å²) in [5, 5.41) is 10.8. The molecule has 0 bridgehead atoms. The Morgan fingerprint density at radius 2 is 1.81 bits per heavy atom. The topological polar surface area (TPSA) is 59.8 Å². The van der Waals surface area contributed by atoms with Crippen molar-refractivity contribution in [3.8, 4) is 5.69 Å². The molecule has 3 aromatic rings. The van der Waals surface area contributed by atoms with Crippen molar-refractivity contribution < 1.29 is 4.79 Å². The number of hydrogen-bond donors (Lipinski definition) is 1. The van der Waals surface area contributed by atoms with Gasteiger partial charge in [-0.15, -0.1) is 10.2 Å². The minimum absolute atomic E-state index is 0.249. The Bertz CT molecular complexity index is 771. The molecular weight excluding hydrogens is 288 g/mol. The predicted molar refractivity (Wildman–Crippen MR) is 80.8 cm³/mol. The van der Waals surface area contributed by atoms with E-state index in [1.54, 1.807) is 41.5 Å². The number of nitrogens with one attached hydrogen (secondary N) is 1. The Morgan fingerprint density at radius 1 is 1.05 bits per heavy atom. The van der Waals surface area contributed by atoms with Gasteiger partial charge in [0.25, 0.3) is 5.91 Å². The maximum atomic E-state index is 12.2. The van der Waals surface area contributed by atoms with E-state index in [4.69, 9.17) is 11.6 Å². The van der Waals surface area contributed by atoms with Crippen LogP contribution in [0.25, 0.3) is 5.69 Å². The van der Waals surface area contributed by atoms with E-state index in [1.165, 1.54) is 0 Å². The highest BCUT2D eigenvalue weighted by Gasteiger charge is 2.10. The van der Waals surface area contributed by atoms with Crippen molar-refractivity contribution in [2.45, 2.75) is 0 Å². The summed E-state index contributed by atoms with van der Waals surface area (Å²) in [4.78, 5) is 12.2. The van der Waals surface area contributed by atoms with Crippen LogP contribution in [0.5, 0.6) is 0 Å². The van der Waals surface area contributed by atoms with E-state index in [2.05, 4.69) is 15.5 Å². The summed E-state index contributed by atoms with van der Waals surface area (Å²) in [5.41, 5.74) is 1.97. The number of halogens is 1. The molecule has 0 unspecified atom stereocenters. The quantitative estimate of drug-likeness (QED) is 0.808. The molecule has 1 amide bonds. The SMILES string of the molecule is O=C(Nc1cccc(-n2cnnc2)c1)c1ccccc1Cl. The van der Waals surface area contributed by atoms with E-state index < -0.39 is 0 Å². The van der Waals surface area contributed by atoms with Crippen LogP contribution >= 0.6 is 11.6 Å². The van der Waals surface area contributed by atoms with E-state index in [-0.39, 0.29) is 5.91 Å². The Labute approximate surface area is 126 Å². The van der Waals surface area contributed by atoms with Gasteiger partial charge in [0.2, 0.25) is 0 Å². The molecule has 0 aliphatic carbocycles. The third-order valence-electron chi connectivity index (χ3n) is 2.94. The van der Waals surface area contributed by atoms with Crippen molar-refractivity contribution in [2.75, 3.05) is 5.32 Å². The molecule has 0 radical (unpaired) electrons. The van der Waals surface area contributed by atoms with Crippen LogP contribution in [-0.2, 0) is 0 Å². The molecule has 3 rings (SSSR count). The van der Waals surface area contributed by atoms with Gasteiger partial charge >= 0.3 is 0 Å². The fourth-order valence-corrected chi connectivity index (χ4v) is 2.14. The summed E-state index contributed by atoms with van der Waals surface area (Å²) in [6.45, 7) is 0. The third-order valence-corrected chi connectivity index (χ3v) is 3.27. The number of nitrogens with zero attached hydrogens (tertiary/aromatic N) is 3. The summed E-state index contributed by atoms with van der Waals surface area (Å²) < 4.78 is 1.76. The zero-order chi connectivity index (χ0) is 14.7. The van der Waals surface area contributed by atoms with Gasteiger partial charge in [-0.05, 0) is 30.3 Å².